The number of rotatable bonds is 6. The number of nitrogens with one attached hydrogen (secondary N) is 1. The number of hydrogen-bond donors (Lipinski definition) is 1. The molecule has 1 aromatic heterocycles. The van der Waals surface area contributed by atoms with Crippen LogP contribution in [-0.4, -0.2) is 24.0 Å². The molecule has 0 saturated heterocycles. The average Bonchev–Trinajstić information content (AvgIpc) is 2.97. The minimum Gasteiger partial charge on any atom is -0.378 e. The van der Waals surface area contributed by atoms with Crippen molar-refractivity contribution in [1.29, 1.82) is 0 Å². The summed E-state index contributed by atoms with van der Waals surface area (Å²) in [5.74, 6) is 0.117. The lowest BCUT2D eigenvalue weighted by molar-refractivity contribution is 0.597. The van der Waals surface area contributed by atoms with E-state index in [4.69, 9.17) is 0 Å². The van der Waals surface area contributed by atoms with E-state index < -0.39 is 9.84 Å². The van der Waals surface area contributed by atoms with E-state index in [2.05, 4.69) is 10.4 Å². The van der Waals surface area contributed by atoms with Gasteiger partial charge in [-0.05, 0) is 38.1 Å². The second kappa shape index (κ2) is 6.30. The number of nitrogens with zero attached hydrogens (tertiary/aromatic N) is 2. The summed E-state index contributed by atoms with van der Waals surface area (Å²) in [6.45, 7) is 6.58. The van der Waals surface area contributed by atoms with Gasteiger partial charge in [0.05, 0.1) is 22.9 Å². The summed E-state index contributed by atoms with van der Waals surface area (Å²) < 4.78 is 25.4. The maximum atomic E-state index is 11.8. The van der Waals surface area contributed by atoms with Crippen molar-refractivity contribution < 1.29 is 8.42 Å². The molecule has 0 fully saturated rings. The third kappa shape index (κ3) is 3.64. The van der Waals surface area contributed by atoms with Crippen molar-refractivity contribution in [3.8, 4) is 0 Å². The molecule has 0 bridgehead atoms. The van der Waals surface area contributed by atoms with Gasteiger partial charge in [0, 0.05) is 24.0 Å². The van der Waals surface area contributed by atoms with E-state index in [0.29, 0.717) is 4.90 Å². The van der Waals surface area contributed by atoms with Gasteiger partial charge >= 0.3 is 0 Å². The lowest BCUT2D eigenvalue weighted by Gasteiger charge is -2.14. The summed E-state index contributed by atoms with van der Waals surface area (Å²) >= 11 is 0. The van der Waals surface area contributed by atoms with Crippen LogP contribution in [0.3, 0.4) is 0 Å². The van der Waals surface area contributed by atoms with Crippen molar-refractivity contribution in [1.82, 2.24) is 9.78 Å². The minimum absolute atomic E-state index is 0.110. The molecule has 0 aliphatic heterocycles. The Kier molecular flexibility index (Phi) is 4.67. The van der Waals surface area contributed by atoms with Gasteiger partial charge in [-0.1, -0.05) is 6.92 Å². The van der Waals surface area contributed by atoms with Gasteiger partial charge in [0.1, 0.15) is 0 Å². The van der Waals surface area contributed by atoms with Crippen molar-refractivity contribution in [2.24, 2.45) is 0 Å². The molecule has 1 unspecified atom stereocenters. The molecule has 0 radical (unpaired) electrons. The molecule has 1 N–H and O–H groups in total. The van der Waals surface area contributed by atoms with Gasteiger partial charge in [0.15, 0.2) is 9.84 Å². The van der Waals surface area contributed by atoms with E-state index in [1.165, 1.54) is 0 Å². The molecule has 114 valence electrons. The Bertz CT molecular complexity index is 690. The highest BCUT2D eigenvalue weighted by atomic mass is 32.2. The fourth-order valence-electron chi connectivity index (χ4n) is 2.03. The molecule has 2 aromatic rings. The first-order chi connectivity index (χ1) is 9.96. The van der Waals surface area contributed by atoms with E-state index >= 15 is 0 Å². The Morgan fingerprint density at radius 3 is 2.43 bits per heavy atom. The Labute approximate surface area is 125 Å². The standard InChI is InChI=1S/C15H21N3O2S/c1-4-18-11-13(10-16-18)12(3)17-14-6-8-15(9-7-14)21(19,20)5-2/h6-12,17H,4-5H2,1-3H3. The first-order valence-electron chi connectivity index (χ1n) is 7.08. The van der Waals surface area contributed by atoms with Crippen molar-refractivity contribution in [3.63, 3.8) is 0 Å². The maximum absolute atomic E-state index is 11.8. The van der Waals surface area contributed by atoms with Crippen LogP contribution < -0.4 is 5.32 Å². The average molecular weight is 307 g/mol. The van der Waals surface area contributed by atoms with Gasteiger partial charge in [0.2, 0.25) is 0 Å². The smallest absolute Gasteiger partial charge is 0.178 e. The minimum atomic E-state index is -3.14. The Hall–Kier alpha value is -1.82. The van der Waals surface area contributed by atoms with Crippen LogP contribution in [0.15, 0.2) is 41.6 Å². The third-order valence-corrected chi connectivity index (χ3v) is 5.20. The van der Waals surface area contributed by atoms with Crippen molar-refractivity contribution >= 4 is 15.5 Å². The molecule has 0 spiro atoms. The zero-order valence-corrected chi connectivity index (χ0v) is 13.4. The van der Waals surface area contributed by atoms with E-state index in [1.807, 2.05) is 30.9 Å². The number of sulfone groups is 1. The lowest BCUT2D eigenvalue weighted by atomic mass is 10.2. The van der Waals surface area contributed by atoms with Crippen LogP contribution in [-0.2, 0) is 16.4 Å². The van der Waals surface area contributed by atoms with Gasteiger partial charge in [-0.2, -0.15) is 5.10 Å². The maximum Gasteiger partial charge on any atom is 0.178 e. The van der Waals surface area contributed by atoms with Gasteiger partial charge in [-0.25, -0.2) is 8.42 Å². The predicted molar refractivity (Wildman–Crippen MR) is 84.1 cm³/mol. The molecule has 21 heavy (non-hydrogen) atoms. The van der Waals surface area contributed by atoms with E-state index in [1.54, 1.807) is 31.2 Å². The van der Waals surface area contributed by atoms with Crippen LogP contribution in [0.2, 0.25) is 0 Å². The van der Waals surface area contributed by atoms with E-state index in [0.717, 1.165) is 17.8 Å². The second-order valence-electron chi connectivity index (χ2n) is 4.92. The number of aryl methyl sites for hydroxylation is 1. The van der Waals surface area contributed by atoms with Crippen molar-refractivity contribution in [3.05, 3.63) is 42.2 Å². The molecule has 0 aliphatic rings. The molecule has 0 aliphatic carbocycles. The highest BCUT2D eigenvalue weighted by molar-refractivity contribution is 7.91. The summed E-state index contributed by atoms with van der Waals surface area (Å²) in [5, 5.41) is 7.60. The highest BCUT2D eigenvalue weighted by Gasteiger charge is 2.12. The number of anilines is 1. The molecular weight excluding hydrogens is 286 g/mol. The predicted octanol–water partition coefficient (Wildman–Crippen LogP) is 2.87. The molecule has 0 amide bonds. The Balaban J connectivity index is 2.09. The van der Waals surface area contributed by atoms with Crippen LogP contribution in [0.25, 0.3) is 0 Å². The summed E-state index contributed by atoms with van der Waals surface area (Å²) in [6, 6.07) is 6.98. The molecule has 5 nitrogen and oxygen atoms in total. The number of aromatic nitrogens is 2. The van der Waals surface area contributed by atoms with Crippen LogP contribution in [0.4, 0.5) is 5.69 Å². The quantitative estimate of drug-likeness (QED) is 0.891. The summed E-state index contributed by atoms with van der Waals surface area (Å²) in [7, 11) is -3.14. The summed E-state index contributed by atoms with van der Waals surface area (Å²) in [6.07, 6.45) is 3.85. The van der Waals surface area contributed by atoms with Gasteiger partial charge in [-0.15, -0.1) is 0 Å². The Morgan fingerprint density at radius 1 is 1.24 bits per heavy atom. The molecule has 1 atom stereocenters. The largest absolute Gasteiger partial charge is 0.378 e. The number of hydrogen-bond acceptors (Lipinski definition) is 4. The van der Waals surface area contributed by atoms with Gasteiger partial charge < -0.3 is 5.32 Å². The fraction of sp³-hybridized carbons (Fsp3) is 0.400. The summed E-state index contributed by atoms with van der Waals surface area (Å²) in [4.78, 5) is 0.363. The fourth-order valence-corrected chi connectivity index (χ4v) is 2.92. The van der Waals surface area contributed by atoms with Crippen LogP contribution in [0.5, 0.6) is 0 Å². The Morgan fingerprint density at radius 2 is 1.90 bits per heavy atom. The van der Waals surface area contributed by atoms with Gasteiger partial charge in [0.25, 0.3) is 0 Å². The summed E-state index contributed by atoms with van der Waals surface area (Å²) in [5.41, 5.74) is 1.99. The van der Waals surface area contributed by atoms with Crippen LogP contribution >= 0.6 is 0 Å². The molecular formula is C15H21N3O2S. The number of benzene rings is 1. The SMILES string of the molecule is CCn1cc(C(C)Nc2ccc(S(=O)(=O)CC)cc2)cn1. The highest BCUT2D eigenvalue weighted by Crippen LogP contribution is 2.21. The first kappa shape index (κ1) is 15.6. The third-order valence-electron chi connectivity index (χ3n) is 3.45. The molecule has 2 rings (SSSR count). The van der Waals surface area contributed by atoms with Crippen molar-refractivity contribution in [2.45, 2.75) is 38.3 Å². The van der Waals surface area contributed by atoms with Crippen LogP contribution in [0, 0.1) is 0 Å². The molecule has 1 aromatic carbocycles. The van der Waals surface area contributed by atoms with Gasteiger partial charge in [-0.3, -0.25) is 4.68 Å². The monoisotopic (exact) mass is 307 g/mol. The molecule has 1 heterocycles. The zero-order valence-electron chi connectivity index (χ0n) is 12.6. The lowest BCUT2D eigenvalue weighted by Crippen LogP contribution is -2.07. The zero-order chi connectivity index (χ0) is 15.5. The molecule has 0 saturated carbocycles. The van der Waals surface area contributed by atoms with E-state index in [-0.39, 0.29) is 11.8 Å². The topological polar surface area (TPSA) is 64.0 Å². The van der Waals surface area contributed by atoms with Crippen LogP contribution in [0.1, 0.15) is 32.4 Å². The van der Waals surface area contributed by atoms with E-state index in [9.17, 15) is 8.42 Å². The normalized spacial score (nSPS) is 13.1. The van der Waals surface area contributed by atoms with Crippen molar-refractivity contribution in [2.75, 3.05) is 11.1 Å². The molecule has 6 heteroatoms. The second-order valence-corrected chi connectivity index (χ2v) is 7.20. The first-order valence-corrected chi connectivity index (χ1v) is 8.73.